The van der Waals surface area contributed by atoms with Gasteiger partial charge in [0.1, 0.15) is 0 Å². The fourth-order valence-corrected chi connectivity index (χ4v) is 11.2. The van der Waals surface area contributed by atoms with Gasteiger partial charge in [-0.05, 0) is 112 Å². The summed E-state index contributed by atoms with van der Waals surface area (Å²) in [5, 5.41) is 13.1. The standard InChI is InChI=1S/C55H36S/c1-55(2)48-30-29-46-44(27-28-45-39-13-9-10-18-50(39)56-54(45)46)53(48)47-26-25-37(32-49(47)55)34-19-22-35(23-20-34)51-40-14-5-7-16-42(40)52(43-17-8-6-15-41(43)51)38-24-21-33-11-3-4-12-36(33)31-38/h3-32H,1-2H3. The van der Waals surface area contributed by atoms with Crippen LogP contribution in [0.2, 0.25) is 0 Å². The Morgan fingerprint density at radius 1 is 0.339 bits per heavy atom. The summed E-state index contributed by atoms with van der Waals surface area (Å²) in [5.41, 5.74) is 13.0. The molecule has 1 heteroatoms. The molecular weight excluding hydrogens is 693 g/mol. The summed E-state index contributed by atoms with van der Waals surface area (Å²) in [5.74, 6) is 0. The van der Waals surface area contributed by atoms with Gasteiger partial charge in [0.05, 0.1) is 0 Å². The minimum Gasteiger partial charge on any atom is -0.135 e. The molecule has 1 heterocycles. The normalized spacial score (nSPS) is 13.3. The van der Waals surface area contributed by atoms with Crippen molar-refractivity contribution in [2.75, 3.05) is 0 Å². The second-order valence-electron chi connectivity index (χ2n) is 16.0. The van der Waals surface area contributed by atoms with Crippen LogP contribution >= 0.6 is 11.3 Å². The first kappa shape index (κ1) is 31.8. The van der Waals surface area contributed by atoms with E-state index in [9.17, 15) is 0 Å². The molecule has 1 aliphatic rings. The van der Waals surface area contributed by atoms with Crippen molar-refractivity contribution in [3.63, 3.8) is 0 Å². The van der Waals surface area contributed by atoms with Crippen molar-refractivity contribution in [3.8, 4) is 44.5 Å². The zero-order chi connectivity index (χ0) is 37.1. The number of hydrogen-bond donors (Lipinski definition) is 0. The Balaban J connectivity index is 0.974. The van der Waals surface area contributed by atoms with Gasteiger partial charge in [-0.15, -0.1) is 11.3 Å². The van der Waals surface area contributed by atoms with E-state index in [1.54, 1.807) is 0 Å². The largest absolute Gasteiger partial charge is 0.135 e. The van der Waals surface area contributed by atoms with E-state index >= 15 is 0 Å². The highest BCUT2D eigenvalue weighted by Crippen LogP contribution is 2.54. The maximum Gasteiger partial charge on any atom is 0.0434 e. The van der Waals surface area contributed by atoms with E-state index in [0.717, 1.165) is 0 Å². The maximum absolute atomic E-state index is 2.46. The molecule has 1 aliphatic carbocycles. The van der Waals surface area contributed by atoms with Gasteiger partial charge in [0.25, 0.3) is 0 Å². The Hall–Kier alpha value is -6.54. The predicted molar refractivity (Wildman–Crippen MR) is 243 cm³/mol. The third-order valence-corrected chi connectivity index (χ3v) is 13.9. The molecule has 1 aromatic heterocycles. The van der Waals surface area contributed by atoms with Gasteiger partial charge in [-0.3, -0.25) is 0 Å². The van der Waals surface area contributed by atoms with Crippen LogP contribution in [0.3, 0.4) is 0 Å². The van der Waals surface area contributed by atoms with Crippen molar-refractivity contribution in [1.82, 2.24) is 0 Å². The molecule has 56 heavy (non-hydrogen) atoms. The first-order valence-corrected chi connectivity index (χ1v) is 20.4. The summed E-state index contributed by atoms with van der Waals surface area (Å²) >= 11 is 1.92. The fourth-order valence-electron chi connectivity index (χ4n) is 9.93. The van der Waals surface area contributed by atoms with E-state index in [1.165, 1.54) is 119 Å². The molecule has 0 unspecified atom stereocenters. The first-order valence-electron chi connectivity index (χ1n) is 19.6. The molecule has 0 radical (unpaired) electrons. The zero-order valence-electron chi connectivity index (χ0n) is 31.2. The van der Waals surface area contributed by atoms with E-state index in [1.807, 2.05) is 11.3 Å². The molecule has 0 amide bonds. The quantitative estimate of drug-likeness (QED) is 0.159. The first-order chi connectivity index (χ1) is 27.5. The Morgan fingerprint density at radius 3 is 1.59 bits per heavy atom. The van der Waals surface area contributed by atoms with Gasteiger partial charge in [0, 0.05) is 31.0 Å². The van der Waals surface area contributed by atoms with Crippen LogP contribution in [0.5, 0.6) is 0 Å². The molecule has 0 N–H and O–H groups in total. The van der Waals surface area contributed by atoms with Gasteiger partial charge in [-0.1, -0.05) is 178 Å². The van der Waals surface area contributed by atoms with Crippen LogP contribution in [0.1, 0.15) is 25.0 Å². The minimum absolute atomic E-state index is 0.103. The van der Waals surface area contributed by atoms with Crippen molar-refractivity contribution in [1.29, 1.82) is 0 Å². The average molecular weight is 729 g/mol. The zero-order valence-corrected chi connectivity index (χ0v) is 32.0. The Labute approximate surface area is 329 Å². The van der Waals surface area contributed by atoms with Crippen LogP contribution in [-0.2, 0) is 5.41 Å². The lowest BCUT2D eigenvalue weighted by Crippen LogP contribution is -2.15. The molecule has 11 aromatic rings. The SMILES string of the molecule is CC1(C)c2cc(-c3ccc(-c4c5ccccc5c(-c5ccc6ccccc6c5)c5ccccc45)cc3)ccc2-c2c1ccc1c2ccc2c3ccccc3sc12. The molecule has 0 fully saturated rings. The number of fused-ring (bicyclic) bond motifs is 12. The van der Waals surface area contributed by atoms with Gasteiger partial charge < -0.3 is 0 Å². The maximum atomic E-state index is 2.46. The summed E-state index contributed by atoms with van der Waals surface area (Å²) in [4.78, 5) is 0. The Bertz CT molecular complexity index is 3370. The van der Waals surface area contributed by atoms with E-state index < -0.39 is 0 Å². The summed E-state index contributed by atoms with van der Waals surface area (Å²) in [6.45, 7) is 4.79. The van der Waals surface area contributed by atoms with Crippen LogP contribution in [0.25, 0.3) is 108 Å². The second-order valence-corrected chi connectivity index (χ2v) is 17.0. The van der Waals surface area contributed by atoms with Crippen molar-refractivity contribution in [2.45, 2.75) is 19.3 Å². The molecular formula is C55H36S. The van der Waals surface area contributed by atoms with Gasteiger partial charge in [0.15, 0.2) is 0 Å². The van der Waals surface area contributed by atoms with E-state index in [0.29, 0.717) is 0 Å². The molecule has 0 saturated heterocycles. The van der Waals surface area contributed by atoms with E-state index in [4.69, 9.17) is 0 Å². The number of hydrogen-bond acceptors (Lipinski definition) is 1. The number of benzene rings is 10. The van der Waals surface area contributed by atoms with Crippen LogP contribution in [0.15, 0.2) is 182 Å². The van der Waals surface area contributed by atoms with Gasteiger partial charge >= 0.3 is 0 Å². The van der Waals surface area contributed by atoms with Crippen LogP contribution in [0.4, 0.5) is 0 Å². The molecule has 0 spiro atoms. The van der Waals surface area contributed by atoms with Gasteiger partial charge in [0.2, 0.25) is 0 Å². The van der Waals surface area contributed by atoms with Crippen LogP contribution < -0.4 is 0 Å². The monoisotopic (exact) mass is 728 g/mol. The molecule has 0 atom stereocenters. The highest BCUT2D eigenvalue weighted by Gasteiger charge is 2.37. The Morgan fingerprint density at radius 2 is 0.857 bits per heavy atom. The third kappa shape index (κ3) is 4.47. The molecule has 0 nitrogen and oxygen atoms in total. The van der Waals surface area contributed by atoms with Crippen LogP contribution in [-0.4, -0.2) is 0 Å². The lowest BCUT2D eigenvalue weighted by Gasteiger charge is -2.22. The molecule has 0 saturated carbocycles. The topological polar surface area (TPSA) is 0 Å². The molecule has 262 valence electrons. The van der Waals surface area contributed by atoms with Crippen molar-refractivity contribution in [3.05, 3.63) is 193 Å². The van der Waals surface area contributed by atoms with Crippen LogP contribution in [0, 0.1) is 0 Å². The fraction of sp³-hybridized carbons (Fsp3) is 0.0545. The number of rotatable bonds is 3. The van der Waals surface area contributed by atoms with Crippen molar-refractivity contribution in [2.24, 2.45) is 0 Å². The highest BCUT2D eigenvalue weighted by molar-refractivity contribution is 7.26. The van der Waals surface area contributed by atoms with Crippen molar-refractivity contribution >= 4 is 74.6 Å². The summed E-state index contributed by atoms with van der Waals surface area (Å²) in [6.07, 6.45) is 0. The highest BCUT2D eigenvalue weighted by atomic mass is 32.1. The molecule has 0 aliphatic heterocycles. The Kier molecular flexibility index (Phi) is 6.66. The lowest BCUT2D eigenvalue weighted by atomic mass is 9.81. The average Bonchev–Trinajstić information content (AvgIpc) is 3.74. The summed E-state index contributed by atoms with van der Waals surface area (Å²) < 4.78 is 2.74. The molecule has 12 rings (SSSR count). The van der Waals surface area contributed by atoms with Gasteiger partial charge in [-0.25, -0.2) is 0 Å². The van der Waals surface area contributed by atoms with E-state index in [2.05, 4.69) is 196 Å². The summed E-state index contributed by atoms with van der Waals surface area (Å²) in [6, 6.07) is 68.2. The molecule has 0 bridgehead atoms. The second kappa shape index (κ2) is 11.7. The summed E-state index contributed by atoms with van der Waals surface area (Å²) in [7, 11) is 0. The van der Waals surface area contributed by atoms with Gasteiger partial charge in [-0.2, -0.15) is 0 Å². The molecule has 10 aromatic carbocycles. The minimum atomic E-state index is -0.103. The lowest BCUT2D eigenvalue weighted by molar-refractivity contribution is 0.661. The third-order valence-electron chi connectivity index (χ3n) is 12.7. The van der Waals surface area contributed by atoms with Crippen molar-refractivity contribution < 1.29 is 0 Å². The smallest absolute Gasteiger partial charge is 0.0434 e. The van der Waals surface area contributed by atoms with E-state index in [-0.39, 0.29) is 5.41 Å². The predicted octanol–water partition coefficient (Wildman–Crippen LogP) is 16.0. The number of thiophene rings is 1.